The molecule has 1 aromatic heterocycles. The maximum atomic E-state index is 5.84. The van der Waals surface area contributed by atoms with Gasteiger partial charge >= 0.3 is 0 Å². The number of rotatable bonds is 1. The van der Waals surface area contributed by atoms with Crippen LogP contribution in [0.15, 0.2) is 35.2 Å². The zero-order valence-electron chi connectivity index (χ0n) is 9.12. The van der Waals surface area contributed by atoms with Crippen molar-refractivity contribution >= 4 is 32.5 Å². The third-order valence-corrected chi connectivity index (χ3v) is 4.21. The van der Waals surface area contributed by atoms with Crippen LogP contribution in [-0.2, 0) is 0 Å². The average Bonchev–Trinajstić information content (AvgIpc) is 2.15. The lowest BCUT2D eigenvalue weighted by atomic mass is 10.2. The van der Waals surface area contributed by atoms with Crippen molar-refractivity contribution < 1.29 is 0 Å². The molecule has 0 aliphatic rings. The lowest BCUT2D eigenvalue weighted by Crippen LogP contribution is -1.93. The standard InChI is InChI=1S/C12H14ClNS/c1-15(2,3)10-5-6-11-9(8-10)4-7-12(13)14-11/h4-8H,1-3H3. The summed E-state index contributed by atoms with van der Waals surface area (Å²) in [5.41, 5.74) is 0.968. The van der Waals surface area contributed by atoms with Crippen LogP contribution >= 0.6 is 21.6 Å². The number of pyridine rings is 1. The second-order valence-electron chi connectivity index (χ2n) is 4.33. The second-order valence-corrected chi connectivity index (χ2v) is 8.86. The smallest absolute Gasteiger partial charge is 0.129 e. The number of hydrogen-bond acceptors (Lipinski definition) is 1. The first-order valence-electron chi connectivity index (χ1n) is 4.71. The van der Waals surface area contributed by atoms with Crippen molar-refractivity contribution in [1.82, 2.24) is 4.98 Å². The van der Waals surface area contributed by atoms with Gasteiger partial charge < -0.3 is 0 Å². The van der Waals surface area contributed by atoms with Gasteiger partial charge in [0.2, 0.25) is 0 Å². The first-order valence-corrected chi connectivity index (χ1v) is 7.95. The Morgan fingerprint density at radius 2 is 1.80 bits per heavy atom. The van der Waals surface area contributed by atoms with Gasteiger partial charge in [0.25, 0.3) is 0 Å². The lowest BCUT2D eigenvalue weighted by molar-refractivity contribution is 1.38. The lowest BCUT2D eigenvalue weighted by Gasteiger charge is -2.25. The Morgan fingerprint density at radius 3 is 2.47 bits per heavy atom. The van der Waals surface area contributed by atoms with E-state index in [-0.39, 0.29) is 0 Å². The molecule has 0 saturated carbocycles. The topological polar surface area (TPSA) is 12.9 Å². The summed E-state index contributed by atoms with van der Waals surface area (Å²) in [6, 6.07) is 10.3. The molecular weight excluding hydrogens is 226 g/mol. The van der Waals surface area contributed by atoms with Crippen LogP contribution in [0.4, 0.5) is 0 Å². The Balaban J connectivity index is 2.62. The molecule has 0 radical (unpaired) electrons. The van der Waals surface area contributed by atoms with Crippen LogP contribution in [0.2, 0.25) is 5.15 Å². The predicted octanol–water partition coefficient (Wildman–Crippen LogP) is 3.94. The minimum Gasteiger partial charge on any atom is -0.236 e. The SMILES string of the molecule is CS(C)(C)c1ccc2nc(Cl)ccc2c1. The van der Waals surface area contributed by atoms with Gasteiger partial charge in [-0.25, -0.2) is 15.0 Å². The van der Waals surface area contributed by atoms with Crippen molar-refractivity contribution in [3.8, 4) is 0 Å². The van der Waals surface area contributed by atoms with E-state index in [1.165, 1.54) is 10.3 Å². The third kappa shape index (κ3) is 2.27. The number of nitrogens with zero attached hydrogens (tertiary/aromatic N) is 1. The molecule has 1 nitrogen and oxygen atoms in total. The molecule has 0 unspecified atom stereocenters. The van der Waals surface area contributed by atoms with Crippen molar-refractivity contribution in [3.05, 3.63) is 35.5 Å². The highest BCUT2D eigenvalue weighted by Crippen LogP contribution is 2.45. The molecule has 1 aromatic carbocycles. The fourth-order valence-corrected chi connectivity index (χ4v) is 2.57. The summed E-state index contributed by atoms with van der Waals surface area (Å²) in [6.45, 7) is 0. The molecule has 0 N–H and O–H groups in total. The summed E-state index contributed by atoms with van der Waals surface area (Å²) in [5.74, 6) is 0. The Bertz CT molecular complexity index is 502. The van der Waals surface area contributed by atoms with Crippen LogP contribution in [0.1, 0.15) is 0 Å². The summed E-state index contributed by atoms with van der Waals surface area (Å²) in [4.78, 5) is 5.68. The predicted molar refractivity (Wildman–Crippen MR) is 70.4 cm³/mol. The molecule has 2 rings (SSSR count). The third-order valence-electron chi connectivity index (χ3n) is 2.33. The Hall–Kier alpha value is -0.730. The molecule has 15 heavy (non-hydrogen) atoms. The van der Waals surface area contributed by atoms with Gasteiger partial charge in [0.05, 0.1) is 5.52 Å². The van der Waals surface area contributed by atoms with Crippen LogP contribution in [-0.4, -0.2) is 23.8 Å². The van der Waals surface area contributed by atoms with E-state index in [2.05, 4.69) is 42.0 Å². The molecule has 0 saturated heterocycles. The zero-order valence-corrected chi connectivity index (χ0v) is 10.7. The molecular formula is C12H14ClNS. The second kappa shape index (κ2) is 3.69. The number of halogens is 1. The van der Waals surface area contributed by atoms with E-state index in [9.17, 15) is 0 Å². The van der Waals surface area contributed by atoms with Gasteiger partial charge in [0.15, 0.2) is 0 Å². The molecule has 1 heterocycles. The van der Waals surface area contributed by atoms with Crippen molar-refractivity contribution in [2.45, 2.75) is 4.90 Å². The fourth-order valence-electron chi connectivity index (χ4n) is 1.46. The highest BCUT2D eigenvalue weighted by molar-refractivity contribution is 8.32. The number of fused-ring (bicyclic) bond motifs is 1. The monoisotopic (exact) mass is 239 g/mol. The quantitative estimate of drug-likeness (QED) is 0.687. The number of benzene rings is 1. The van der Waals surface area contributed by atoms with Gasteiger partial charge in [-0.1, -0.05) is 11.6 Å². The van der Waals surface area contributed by atoms with Gasteiger partial charge in [-0.3, -0.25) is 0 Å². The highest BCUT2D eigenvalue weighted by Gasteiger charge is 2.08. The maximum absolute atomic E-state index is 5.84. The number of aromatic nitrogens is 1. The highest BCUT2D eigenvalue weighted by atomic mass is 35.5. The zero-order chi connectivity index (χ0) is 11.1. The minimum absolute atomic E-state index is 0.554. The molecule has 80 valence electrons. The first kappa shape index (κ1) is 10.8. The van der Waals surface area contributed by atoms with E-state index in [0.29, 0.717) is 5.15 Å². The summed E-state index contributed by atoms with van der Waals surface area (Å²) < 4.78 is 0. The van der Waals surface area contributed by atoms with E-state index < -0.39 is 10.0 Å². The average molecular weight is 240 g/mol. The summed E-state index contributed by atoms with van der Waals surface area (Å²) in [7, 11) is -0.665. The van der Waals surface area contributed by atoms with E-state index in [1.807, 2.05) is 12.1 Å². The normalized spacial score (nSPS) is 13.1. The maximum Gasteiger partial charge on any atom is 0.129 e. The van der Waals surface area contributed by atoms with E-state index in [4.69, 9.17) is 11.6 Å². The van der Waals surface area contributed by atoms with Crippen molar-refractivity contribution in [2.24, 2.45) is 0 Å². The van der Waals surface area contributed by atoms with E-state index in [0.717, 1.165) is 5.52 Å². The summed E-state index contributed by atoms with van der Waals surface area (Å²) in [5, 5.41) is 1.72. The summed E-state index contributed by atoms with van der Waals surface area (Å²) in [6.07, 6.45) is 6.87. The van der Waals surface area contributed by atoms with E-state index >= 15 is 0 Å². The summed E-state index contributed by atoms with van der Waals surface area (Å²) >= 11 is 5.84. The van der Waals surface area contributed by atoms with Gasteiger partial charge in [0.1, 0.15) is 5.15 Å². The van der Waals surface area contributed by atoms with Gasteiger partial charge in [-0.15, -0.1) is 0 Å². The van der Waals surface area contributed by atoms with Gasteiger partial charge in [-0.05, 0) is 54.0 Å². The molecule has 0 spiro atoms. The molecule has 0 bridgehead atoms. The van der Waals surface area contributed by atoms with Crippen molar-refractivity contribution in [2.75, 3.05) is 18.8 Å². The largest absolute Gasteiger partial charge is 0.236 e. The molecule has 0 amide bonds. The molecule has 0 aliphatic heterocycles. The molecule has 3 heteroatoms. The molecule has 2 aromatic rings. The Kier molecular flexibility index (Phi) is 2.65. The van der Waals surface area contributed by atoms with Gasteiger partial charge in [-0.2, -0.15) is 0 Å². The Morgan fingerprint density at radius 1 is 1.07 bits per heavy atom. The van der Waals surface area contributed by atoms with Crippen LogP contribution in [0, 0.1) is 0 Å². The van der Waals surface area contributed by atoms with Crippen LogP contribution in [0.5, 0.6) is 0 Å². The molecule has 0 atom stereocenters. The van der Waals surface area contributed by atoms with Crippen LogP contribution in [0.25, 0.3) is 10.9 Å². The molecule has 0 aliphatic carbocycles. The Labute approximate surface area is 96.8 Å². The van der Waals surface area contributed by atoms with Gasteiger partial charge in [0, 0.05) is 5.39 Å². The number of hydrogen-bond donors (Lipinski definition) is 0. The van der Waals surface area contributed by atoms with Crippen LogP contribution in [0.3, 0.4) is 0 Å². The first-order chi connectivity index (χ1) is 6.97. The van der Waals surface area contributed by atoms with Crippen LogP contribution < -0.4 is 0 Å². The molecule has 0 fully saturated rings. The fraction of sp³-hybridized carbons (Fsp3) is 0.250. The van der Waals surface area contributed by atoms with Crippen molar-refractivity contribution in [1.29, 1.82) is 0 Å². The van der Waals surface area contributed by atoms with Crippen molar-refractivity contribution in [3.63, 3.8) is 0 Å². The van der Waals surface area contributed by atoms with E-state index in [1.54, 1.807) is 0 Å². The minimum atomic E-state index is -0.665.